The second-order valence-corrected chi connectivity index (χ2v) is 6.61. The number of hydrogen-bond acceptors (Lipinski definition) is 4. The summed E-state index contributed by atoms with van der Waals surface area (Å²) in [7, 11) is 3.96. The van der Waals surface area contributed by atoms with Gasteiger partial charge in [-0.15, -0.1) is 12.4 Å². The van der Waals surface area contributed by atoms with E-state index < -0.39 is 0 Å². The van der Waals surface area contributed by atoms with Crippen LogP contribution in [0.2, 0.25) is 0 Å². The molecule has 0 saturated carbocycles. The Labute approximate surface area is 163 Å². The average Bonchev–Trinajstić information content (AvgIpc) is 2.65. The molecule has 6 heteroatoms. The van der Waals surface area contributed by atoms with Gasteiger partial charge in [0.15, 0.2) is 0 Å². The molecule has 0 saturated heterocycles. The molecule has 5 nitrogen and oxygen atoms in total. The Morgan fingerprint density at radius 3 is 2.48 bits per heavy atom. The fraction of sp³-hybridized carbons (Fsp3) is 0.190. The van der Waals surface area contributed by atoms with Crippen LogP contribution in [0.25, 0.3) is 32.8 Å². The van der Waals surface area contributed by atoms with Crippen LogP contribution in [0.4, 0.5) is 0 Å². The highest BCUT2D eigenvalue weighted by atomic mass is 35.5. The van der Waals surface area contributed by atoms with Crippen LogP contribution in [0.5, 0.6) is 0 Å². The molecule has 4 aromatic rings. The normalized spacial score (nSPS) is 11.1. The lowest BCUT2D eigenvalue weighted by Crippen LogP contribution is -2.31. The van der Waals surface area contributed by atoms with E-state index >= 15 is 0 Å². The summed E-state index contributed by atoms with van der Waals surface area (Å²) in [5.41, 5.74) is 3.58. The first kappa shape index (κ1) is 19.0. The zero-order chi connectivity index (χ0) is 18.1. The SMILES string of the molecule is CN(C)CCNC(=O)c1cccc2nc3c(ccc4ccccc43)nc12.Cl. The molecule has 0 aliphatic rings. The maximum absolute atomic E-state index is 12.6. The maximum atomic E-state index is 12.6. The van der Waals surface area contributed by atoms with Gasteiger partial charge in [0.1, 0.15) is 5.52 Å². The quantitative estimate of drug-likeness (QED) is 0.433. The van der Waals surface area contributed by atoms with Gasteiger partial charge in [0.2, 0.25) is 0 Å². The average molecular weight is 381 g/mol. The van der Waals surface area contributed by atoms with Gasteiger partial charge in [-0.1, -0.05) is 36.4 Å². The number of nitrogens with one attached hydrogen (secondary N) is 1. The molecule has 0 radical (unpaired) electrons. The minimum Gasteiger partial charge on any atom is -0.351 e. The molecule has 0 aliphatic heterocycles. The summed E-state index contributed by atoms with van der Waals surface area (Å²) in [5, 5.41) is 5.15. The predicted molar refractivity (Wildman–Crippen MR) is 113 cm³/mol. The lowest BCUT2D eigenvalue weighted by atomic mass is 10.1. The number of carbonyl (C=O) groups is 1. The summed E-state index contributed by atoms with van der Waals surface area (Å²) in [6.07, 6.45) is 0. The van der Waals surface area contributed by atoms with Gasteiger partial charge < -0.3 is 10.2 Å². The molecule has 1 aromatic heterocycles. The number of halogens is 1. The van der Waals surface area contributed by atoms with Gasteiger partial charge in [0, 0.05) is 18.5 Å². The molecule has 4 rings (SSSR count). The highest BCUT2D eigenvalue weighted by Crippen LogP contribution is 2.25. The Bertz CT molecular complexity index is 1130. The Hall–Kier alpha value is -2.76. The van der Waals surface area contributed by atoms with Crippen LogP contribution in [0.3, 0.4) is 0 Å². The summed E-state index contributed by atoms with van der Waals surface area (Å²) >= 11 is 0. The third-order valence-corrected chi connectivity index (χ3v) is 4.45. The Morgan fingerprint density at radius 1 is 0.926 bits per heavy atom. The highest BCUT2D eigenvalue weighted by Gasteiger charge is 2.13. The number of hydrogen-bond donors (Lipinski definition) is 1. The minimum atomic E-state index is -0.119. The lowest BCUT2D eigenvalue weighted by Gasteiger charge is -2.11. The molecular formula is C21H21ClN4O. The van der Waals surface area contributed by atoms with Crippen LogP contribution in [0.1, 0.15) is 10.4 Å². The molecular weight excluding hydrogens is 360 g/mol. The maximum Gasteiger partial charge on any atom is 0.253 e. The molecule has 0 atom stereocenters. The molecule has 1 amide bonds. The number of likely N-dealkylation sites (N-methyl/N-ethyl adjacent to an activating group) is 1. The predicted octanol–water partition coefficient (Wildman–Crippen LogP) is 3.65. The summed E-state index contributed by atoms with van der Waals surface area (Å²) < 4.78 is 0. The molecule has 138 valence electrons. The van der Waals surface area contributed by atoms with Crippen LogP contribution in [0.15, 0.2) is 54.6 Å². The third kappa shape index (κ3) is 3.70. The van der Waals surface area contributed by atoms with Crippen LogP contribution < -0.4 is 5.32 Å². The molecule has 0 spiro atoms. The molecule has 0 bridgehead atoms. The van der Waals surface area contributed by atoms with Crippen molar-refractivity contribution in [2.75, 3.05) is 27.2 Å². The van der Waals surface area contributed by atoms with E-state index in [9.17, 15) is 4.79 Å². The summed E-state index contributed by atoms with van der Waals surface area (Å²) in [4.78, 5) is 24.2. The van der Waals surface area contributed by atoms with Crippen molar-refractivity contribution in [2.45, 2.75) is 0 Å². The van der Waals surface area contributed by atoms with Crippen LogP contribution in [0, 0.1) is 0 Å². The van der Waals surface area contributed by atoms with E-state index in [1.54, 1.807) is 6.07 Å². The van der Waals surface area contributed by atoms with Gasteiger partial charge in [-0.25, -0.2) is 9.97 Å². The van der Waals surface area contributed by atoms with Crippen molar-refractivity contribution >= 4 is 51.2 Å². The first-order valence-electron chi connectivity index (χ1n) is 8.64. The van der Waals surface area contributed by atoms with Crippen molar-refractivity contribution in [1.29, 1.82) is 0 Å². The monoisotopic (exact) mass is 380 g/mol. The Morgan fingerprint density at radius 2 is 1.67 bits per heavy atom. The Kier molecular flexibility index (Phi) is 5.54. The van der Waals surface area contributed by atoms with Crippen molar-refractivity contribution in [1.82, 2.24) is 20.2 Å². The first-order chi connectivity index (χ1) is 12.6. The number of nitrogens with zero attached hydrogens (tertiary/aromatic N) is 3. The van der Waals surface area contributed by atoms with E-state index in [1.165, 1.54) is 0 Å². The summed E-state index contributed by atoms with van der Waals surface area (Å²) in [5.74, 6) is -0.119. The minimum absolute atomic E-state index is 0. The fourth-order valence-electron chi connectivity index (χ4n) is 3.10. The third-order valence-electron chi connectivity index (χ3n) is 4.45. The van der Waals surface area contributed by atoms with Gasteiger partial charge in [-0.2, -0.15) is 0 Å². The van der Waals surface area contributed by atoms with Crippen molar-refractivity contribution in [3.63, 3.8) is 0 Å². The molecule has 0 unspecified atom stereocenters. The van der Waals surface area contributed by atoms with Crippen LogP contribution >= 0.6 is 12.4 Å². The molecule has 3 aromatic carbocycles. The van der Waals surface area contributed by atoms with E-state index in [0.29, 0.717) is 17.6 Å². The van der Waals surface area contributed by atoms with Crippen molar-refractivity contribution < 1.29 is 4.79 Å². The zero-order valence-electron chi connectivity index (χ0n) is 15.3. The second kappa shape index (κ2) is 7.86. The van der Waals surface area contributed by atoms with E-state index in [2.05, 4.69) is 17.4 Å². The number of aromatic nitrogens is 2. The van der Waals surface area contributed by atoms with Gasteiger partial charge in [0.05, 0.1) is 22.1 Å². The number of para-hydroxylation sites is 1. The van der Waals surface area contributed by atoms with Crippen molar-refractivity contribution in [2.24, 2.45) is 0 Å². The van der Waals surface area contributed by atoms with Crippen LogP contribution in [-0.4, -0.2) is 48.0 Å². The van der Waals surface area contributed by atoms with Crippen LogP contribution in [-0.2, 0) is 0 Å². The van der Waals surface area contributed by atoms with E-state index in [1.807, 2.05) is 55.4 Å². The first-order valence-corrected chi connectivity index (χ1v) is 8.64. The number of benzene rings is 3. The van der Waals surface area contributed by atoms with E-state index in [-0.39, 0.29) is 18.3 Å². The van der Waals surface area contributed by atoms with Gasteiger partial charge in [-0.3, -0.25) is 4.79 Å². The van der Waals surface area contributed by atoms with Gasteiger partial charge in [0.25, 0.3) is 5.91 Å². The molecule has 0 aliphatic carbocycles. The molecule has 0 fully saturated rings. The number of rotatable bonds is 4. The second-order valence-electron chi connectivity index (χ2n) is 6.61. The number of carbonyl (C=O) groups excluding carboxylic acids is 1. The summed E-state index contributed by atoms with van der Waals surface area (Å²) in [6, 6.07) is 17.7. The Balaban J connectivity index is 0.00000210. The fourth-order valence-corrected chi connectivity index (χ4v) is 3.10. The molecule has 27 heavy (non-hydrogen) atoms. The van der Waals surface area contributed by atoms with Gasteiger partial charge in [-0.05, 0) is 37.7 Å². The largest absolute Gasteiger partial charge is 0.351 e. The number of fused-ring (bicyclic) bond motifs is 4. The van der Waals surface area contributed by atoms with E-state index in [4.69, 9.17) is 9.97 Å². The smallest absolute Gasteiger partial charge is 0.253 e. The summed E-state index contributed by atoms with van der Waals surface area (Å²) in [6.45, 7) is 1.38. The molecule has 1 N–H and O–H groups in total. The van der Waals surface area contributed by atoms with Gasteiger partial charge >= 0.3 is 0 Å². The topological polar surface area (TPSA) is 58.1 Å². The highest BCUT2D eigenvalue weighted by molar-refractivity contribution is 6.09. The van der Waals surface area contributed by atoms with Crippen molar-refractivity contribution in [3.8, 4) is 0 Å². The standard InChI is InChI=1S/C21H20N4O.ClH/c1-25(2)13-12-22-21(26)16-8-5-9-17-20(16)24-18-11-10-14-6-3-4-7-15(14)19(18)23-17;/h3-11H,12-13H2,1-2H3,(H,22,26);1H. The van der Waals surface area contributed by atoms with Crippen molar-refractivity contribution in [3.05, 3.63) is 60.2 Å². The lowest BCUT2D eigenvalue weighted by molar-refractivity contribution is 0.0952. The van der Waals surface area contributed by atoms with E-state index in [0.717, 1.165) is 33.9 Å². The molecule has 1 heterocycles. The number of amides is 1. The zero-order valence-corrected chi connectivity index (χ0v) is 16.1.